The number of anilines is 1. The Kier molecular flexibility index (Phi) is 4.66. The van der Waals surface area contributed by atoms with Crippen molar-refractivity contribution in [3.05, 3.63) is 55.6 Å². The molecule has 0 aliphatic heterocycles. The molecule has 0 saturated heterocycles. The van der Waals surface area contributed by atoms with E-state index in [-0.39, 0.29) is 0 Å². The van der Waals surface area contributed by atoms with Crippen LogP contribution in [0.25, 0.3) is 0 Å². The minimum absolute atomic E-state index is 0.436. The number of ether oxygens (including phenoxy) is 1. The molecular formula is C14H10BrIN2O. The number of nitriles is 1. The van der Waals surface area contributed by atoms with Gasteiger partial charge in [-0.1, -0.05) is 28.1 Å². The number of rotatable bonds is 3. The zero-order valence-electron chi connectivity index (χ0n) is 9.86. The van der Waals surface area contributed by atoms with Crippen molar-refractivity contribution < 1.29 is 4.74 Å². The maximum absolute atomic E-state index is 8.86. The molecule has 5 heteroatoms. The summed E-state index contributed by atoms with van der Waals surface area (Å²) in [5, 5.41) is 8.86. The van der Waals surface area contributed by atoms with E-state index in [2.05, 4.69) is 44.6 Å². The Balaban J connectivity index is 2.18. The fraction of sp³-hybridized carbons (Fsp3) is 0.0714. The molecule has 0 amide bonds. The van der Waals surface area contributed by atoms with Crippen molar-refractivity contribution >= 4 is 44.2 Å². The molecule has 0 unspecified atom stereocenters. The maximum atomic E-state index is 8.86. The fourth-order valence-corrected chi connectivity index (χ4v) is 2.86. The molecule has 0 spiro atoms. The third-order valence-corrected chi connectivity index (χ3v) is 3.77. The van der Waals surface area contributed by atoms with Crippen molar-refractivity contribution in [3.8, 4) is 11.8 Å². The van der Waals surface area contributed by atoms with Gasteiger partial charge in [0, 0.05) is 4.47 Å². The summed E-state index contributed by atoms with van der Waals surface area (Å²) in [6.45, 7) is 0.436. The van der Waals surface area contributed by atoms with Crippen molar-refractivity contribution in [2.24, 2.45) is 0 Å². The minimum atomic E-state index is 0.436. The number of hydrogen-bond acceptors (Lipinski definition) is 3. The second-order valence-corrected chi connectivity index (χ2v) is 5.98. The first kappa shape index (κ1) is 14.2. The van der Waals surface area contributed by atoms with Crippen LogP contribution >= 0.6 is 38.5 Å². The molecule has 0 aliphatic carbocycles. The summed E-state index contributed by atoms with van der Waals surface area (Å²) in [7, 11) is 0. The molecule has 0 radical (unpaired) electrons. The van der Waals surface area contributed by atoms with E-state index < -0.39 is 0 Å². The van der Waals surface area contributed by atoms with E-state index >= 15 is 0 Å². The SMILES string of the molecule is N#Cc1cc(N)c(OCc2cccc(Br)c2)c(I)c1. The van der Waals surface area contributed by atoms with Crippen LogP contribution < -0.4 is 10.5 Å². The summed E-state index contributed by atoms with van der Waals surface area (Å²) in [6.07, 6.45) is 0. The molecule has 2 N–H and O–H groups in total. The highest BCUT2D eigenvalue weighted by molar-refractivity contribution is 14.1. The minimum Gasteiger partial charge on any atom is -0.486 e. The quantitative estimate of drug-likeness (QED) is 0.591. The molecule has 0 aliphatic rings. The normalized spacial score (nSPS) is 9.95. The summed E-state index contributed by atoms with van der Waals surface area (Å²) in [5.41, 5.74) is 7.97. The molecule has 96 valence electrons. The third-order valence-electron chi connectivity index (χ3n) is 2.47. The van der Waals surface area contributed by atoms with E-state index in [1.807, 2.05) is 24.3 Å². The predicted molar refractivity (Wildman–Crippen MR) is 86.8 cm³/mol. The molecule has 0 heterocycles. The van der Waals surface area contributed by atoms with E-state index in [4.69, 9.17) is 15.7 Å². The average molecular weight is 429 g/mol. The second-order valence-electron chi connectivity index (χ2n) is 3.91. The van der Waals surface area contributed by atoms with Gasteiger partial charge in [0.1, 0.15) is 6.61 Å². The molecule has 0 fully saturated rings. The fourth-order valence-electron chi connectivity index (χ4n) is 1.61. The van der Waals surface area contributed by atoms with Crippen LogP contribution in [0.3, 0.4) is 0 Å². The van der Waals surface area contributed by atoms with E-state index in [1.165, 1.54) is 0 Å². The monoisotopic (exact) mass is 428 g/mol. The maximum Gasteiger partial charge on any atom is 0.156 e. The van der Waals surface area contributed by atoms with E-state index in [0.717, 1.165) is 13.6 Å². The average Bonchev–Trinajstić information content (AvgIpc) is 2.37. The Hall–Kier alpha value is -1.26. The molecule has 0 atom stereocenters. The number of benzene rings is 2. The highest BCUT2D eigenvalue weighted by atomic mass is 127. The standard InChI is InChI=1S/C14H10BrIN2O/c15-11-3-1-2-9(4-11)8-19-14-12(16)5-10(7-17)6-13(14)18/h1-6H,8,18H2. The van der Waals surface area contributed by atoms with Gasteiger partial charge < -0.3 is 10.5 Å². The van der Waals surface area contributed by atoms with Crippen LogP contribution in [0.2, 0.25) is 0 Å². The highest BCUT2D eigenvalue weighted by Crippen LogP contribution is 2.30. The first-order valence-electron chi connectivity index (χ1n) is 5.46. The lowest BCUT2D eigenvalue weighted by Gasteiger charge is -2.11. The van der Waals surface area contributed by atoms with Crippen molar-refractivity contribution in [2.75, 3.05) is 5.73 Å². The Bertz CT molecular complexity index is 629. The first-order valence-corrected chi connectivity index (χ1v) is 7.33. The Morgan fingerprint density at radius 1 is 1.32 bits per heavy atom. The molecule has 2 aromatic carbocycles. The van der Waals surface area contributed by atoms with Gasteiger partial charge in [-0.2, -0.15) is 5.26 Å². The van der Waals surface area contributed by atoms with Gasteiger partial charge in [0.05, 0.1) is 20.9 Å². The predicted octanol–water partition coefficient (Wildman–Crippen LogP) is 4.09. The summed E-state index contributed by atoms with van der Waals surface area (Å²) >= 11 is 5.54. The second kappa shape index (κ2) is 6.26. The van der Waals surface area contributed by atoms with Crippen LogP contribution in [-0.2, 0) is 6.61 Å². The number of nitrogens with zero attached hydrogens (tertiary/aromatic N) is 1. The van der Waals surface area contributed by atoms with Crippen LogP contribution in [0.15, 0.2) is 40.9 Å². The lowest BCUT2D eigenvalue weighted by atomic mass is 10.2. The van der Waals surface area contributed by atoms with Crippen molar-refractivity contribution in [3.63, 3.8) is 0 Å². The molecule has 0 aromatic heterocycles. The molecule has 0 bridgehead atoms. The summed E-state index contributed by atoms with van der Waals surface area (Å²) in [4.78, 5) is 0. The van der Waals surface area contributed by atoms with Crippen LogP contribution in [0, 0.1) is 14.9 Å². The zero-order valence-corrected chi connectivity index (χ0v) is 13.6. The van der Waals surface area contributed by atoms with Crippen molar-refractivity contribution in [1.82, 2.24) is 0 Å². The first-order chi connectivity index (χ1) is 9.10. The van der Waals surface area contributed by atoms with Gasteiger partial charge in [-0.25, -0.2) is 0 Å². The molecule has 2 aromatic rings. The van der Waals surface area contributed by atoms with Crippen LogP contribution in [-0.4, -0.2) is 0 Å². The van der Waals surface area contributed by atoms with Gasteiger partial charge in [-0.15, -0.1) is 0 Å². The van der Waals surface area contributed by atoms with Gasteiger partial charge in [0.2, 0.25) is 0 Å². The van der Waals surface area contributed by atoms with E-state index in [9.17, 15) is 0 Å². The van der Waals surface area contributed by atoms with Gasteiger partial charge in [-0.05, 0) is 52.4 Å². The topological polar surface area (TPSA) is 59.0 Å². The van der Waals surface area contributed by atoms with Crippen molar-refractivity contribution in [1.29, 1.82) is 5.26 Å². The summed E-state index contributed by atoms with van der Waals surface area (Å²) < 4.78 is 7.59. The number of halogens is 2. The Labute approximate surface area is 133 Å². The lowest BCUT2D eigenvalue weighted by Crippen LogP contribution is -2.01. The molecule has 2 rings (SSSR count). The Morgan fingerprint density at radius 2 is 2.11 bits per heavy atom. The zero-order chi connectivity index (χ0) is 13.8. The summed E-state index contributed by atoms with van der Waals surface area (Å²) in [6, 6.07) is 13.3. The number of nitrogen functional groups attached to an aromatic ring is 1. The molecule has 19 heavy (non-hydrogen) atoms. The lowest BCUT2D eigenvalue weighted by molar-refractivity contribution is 0.305. The number of hydrogen-bond donors (Lipinski definition) is 1. The van der Waals surface area contributed by atoms with Crippen molar-refractivity contribution in [2.45, 2.75) is 6.61 Å². The Morgan fingerprint density at radius 3 is 2.74 bits per heavy atom. The van der Waals surface area contributed by atoms with Crippen LogP contribution in [0.4, 0.5) is 5.69 Å². The third kappa shape index (κ3) is 3.61. The summed E-state index contributed by atoms with van der Waals surface area (Å²) in [5.74, 6) is 0.625. The molecule has 0 saturated carbocycles. The van der Waals surface area contributed by atoms with E-state index in [0.29, 0.717) is 23.6 Å². The molecule has 3 nitrogen and oxygen atoms in total. The highest BCUT2D eigenvalue weighted by Gasteiger charge is 2.08. The van der Waals surface area contributed by atoms with Gasteiger partial charge in [-0.3, -0.25) is 0 Å². The van der Waals surface area contributed by atoms with Crippen LogP contribution in [0.5, 0.6) is 5.75 Å². The van der Waals surface area contributed by atoms with Gasteiger partial charge >= 0.3 is 0 Å². The molecular weight excluding hydrogens is 419 g/mol. The van der Waals surface area contributed by atoms with Gasteiger partial charge in [0.15, 0.2) is 5.75 Å². The largest absolute Gasteiger partial charge is 0.486 e. The number of nitrogens with two attached hydrogens (primary N) is 1. The van der Waals surface area contributed by atoms with Crippen LogP contribution in [0.1, 0.15) is 11.1 Å². The van der Waals surface area contributed by atoms with Gasteiger partial charge in [0.25, 0.3) is 0 Å². The smallest absolute Gasteiger partial charge is 0.156 e. The van der Waals surface area contributed by atoms with E-state index in [1.54, 1.807) is 12.1 Å².